The smallest absolute Gasteiger partial charge is 0.163 e. The van der Waals surface area contributed by atoms with Gasteiger partial charge in [0.15, 0.2) is 17.7 Å². The first-order valence-corrected chi connectivity index (χ1v) is 10.8. The van der Waals surface area contributed by atoms with Crippen molar-refractivity contribution in [2.45, 2.75) is 38.0 Å². The minimum Gasteiger partial charge on any atom is -0.504 e. The van der Waals surface area contributed by atoms with Gasteiger partial charge in [-0.2, -0.15) is 0 Å². The molecule has 1 saturated heterocycles. The molecule has 2 N–H and O–H groups in total. The van der Waals surface area contributed by atoms with E-state index in [4.69, 9.17) is 4.74 Å². The van der Waals surface area contributed by atoms with Gasteiger partial charge in [-0.05, 0) is 48.6 Å². The number of benzene rings is 3. The Morgan fingerprint density at radius 3 is 2.32 bits per heavy atom. The number of halogens is 1. The number of aliphatic hydroxyl groups excluding tert-OH is 1. The molecule has 0 aromatic heterocycles. The topological polar surface area (TPSA) is 52.9 Å². The Kier molecular flexibility index (Phi) is 6.85. The van der Waals surface area contributed by atoms with Crippen molar-refractivity contribution in [2.24, 2.45) is 0 Å². The van der Waals surface area contributed by atoms with Crippen LogP contribution in [0.1, 0.15) is 24.8 Å². The van der Waals surface area contributed by atoms with Crippen LogP contribution in [-0.4, -0.2) is 40.5 Å². The van der Waals surface area contributed by atoms with Gasteiger partial charge < -0.3 is 14.9 Å². The van der Waals surface area contributed by atoms with Crippen LogP contribution in [0.5, 0.6) is 11.5 Å². The van der Waals surface area contributed by atoms with Crippen LogP contribution in [-0.2, 0) is 6.42 Å². The molecule has 0 aliphatic carbocycles. The van der Waals surface area contributed by atoms with E-state index in [9.17, 15) is 14.6 Å². The van der Waals surface area contributed by atoms with E-state index in [2.05, 4.69) is 4.90 Å². The van der Waals surface area contributed by atoms with Gasteiger partial charge in [0.05, 0.1) is 6.10 Å². The molecule has 31 heavy (non-hydrogen) atoms. The number of aliphatic hydroxyl groups is 1. The standard InChI is InChI=1S/C26H28FNO3/c27-23-6-2-1-5-22(23)20-12-9-19(10-13-20)11-14-26(28-17-15-21(29)16-18-28)31-25-8-4-3-7-24(25)30/h1-10,12-13,21,26,29-30H,11,14-18H2/t26-/m1/s1. The molecule has 0 bridgehead atoms. The zero-order valence-electron chi connectivity index (χ0n) is 17.5. The summed E-state index contributed by atoms with van der Waals surface area (Å²) in [5.74, 6) is 0.367. The summed E-state index contributed by atoms with van der Waals surface area (Å²) in [5.41, 5.74) is 2.60. The van der Waals surface area contributed by atoms with E-state index < -0.39 is 0 Å². The van der Waals surface area contributed by atoms with Gasteiger partial charge in [-0.25, -0.2) is 4.39 Å². The highest BCUT2D eigenvalue weighted by Gasteiger charge is 2.26. The molecule has 0 spiro atoms. The average Bonchev–Trinajstić information content (AvgIpc) is 2.79. The summed E-state index contributed by atoms with van der Waals surface area (Å²) in [5, 5.41) is 20.0. The van der Waals surface area contributed by atoms with Crippen LogP contribution >= 0.6 is 0 Å². The largest absolute Gasteiger partial charge is 0.504 e. The van der Waals surface area contributed by atoms with E-state index in [1.807, 2.05) is 36.4 Å². The molecule has 0 radical (unpaired) electrons. The fourth-order valence-corrected chi connectivity index (χ4v) is 4.03. The Bertz CT molecular complexity index is 984. The van der Waals surface area contributed by atoms with Gasteiger partial charge in [0.2, 0.25) is 0 Å². The summed E-state index contributed by atoms with van der Waals surface area (Å²) >= 11 is 0. The van der Waals surface area contributed by atoms with Crippen molar-refractivity contribution >= 4 is 0 Å². The maximum Gasteiger partial charge on any atom is 0.163 e. The third kappa shape index (κ3) is 5.43. The highest BCUT2D eigenvalue weighted by Crippen LogP contribution is 2.29. The number of nitrogens with zero attached hydrogens (tertiary/aromatic N) is 1. The molecular formula is C26H28FNO3. The van der Waals surface area contributed by atoms with Crippen molar-refractivity contribution < 1.29 is 19.3 Å². The van der Waals surface area contributed by atoms with Crippen molar-refractivity contribution in [3.8, 4) is 22.6 Å². The van der Waals surface area contributed by atoms with Crippen molar-refractivity contribution in [3.05, 3.63) is 84.2 Å². The summed E-state index contributed by atoms with van der Waals surface area (Å²) in [7, 11) is 0. The first kappa shape index (κ1) is 21.3. The minimum absolute atomic E-state index is 0.124. The van der Waals surface area contributed by atoms with Crippen LogP contribution in [0, 0.1) is 5.82 Å². The van der Waals surface area contributed by atoms with E-state index in [1.54, 1.807) is 30.3 Å². The van der Waals surface area contributed by atoms with Crippen molar-refractivity contribution in [1.82, 2.24) is 4.90 Å². The Hall–Kier alpha value is -2.89. The van der Waals surface area contributed by atoms with E-state index in [0.29, 0.717) is 11.3 Å². The molecule has 1 aliphatic rings. The number of piperidine rings is 1. The number of aromatic hydroxyl groups is 1. The molecule has 0 unspecified atom stereocenters. The van der Waals surface area contributed by atoms with Gasteiger partial charge >= 0.3 is 0 Å². The fourth-order valence-electron chi connectivity index (χ4n) is 4.03. The fraction of sp³-hybridized carbons (Fsp3) is 0.308. The number of hydrogen-bond acceptors (Lipinski definition) is 4. The lowest BCUT2D eigenvalue weighted by Crippen LogP contribution is -2.45. The van der Waals surface area contributed by atoms with Gasteiger partial charge in [0.1, 0.15) is 5.82 Å². The SMILES string of the molecule is Oc1ccccc1O[C@H](CCc1ccc(-c2ccccc2F)cc1)N1CCC(O)CC1. The number of ether oxygens (including phenoxy) is 1. The highest BCUT2D eigenvalue weighted by atomic mass is 19.1. The summed E-state index contributed by atoms with van der Waals surface area (Å²) in [6.07, 6.45) is 2.51. The van der Waals surface area contributed by atoms with Crippen LogP contribution in [0.4, 0.5) is 4.39 Å². The Morgan fingerprint density at radius 2 is 1.61 bits per heavy atom. The molecule has 1 aliphatic heterocycles. The number of phenolic OH excluding ortho intramolecular Hbond substituents is 1. The molecule has 3 aromatic carbocycles. The summed E-state index contributed by atoms with van der Waals surface area (Å²) in [6, 6.07) is 21.7. The maximum absolute atomic E-state index is 14.0. The van der Waals surface area contributed by atoms with Crippen LogP contribution in [0.2, 0.25) is 0 Å². The third-order valence-corrected chi connectivity index (χ3v) is 5.85. The monoisotopic (exact) mass is 421 g/mol. The highest BCUT2D eigenvalue weighted by molar-refractivity contribution is 5.64. The maximum atomic E-state index is 14.0. The van der Waals surface area contributed by atoms with Crippen molar-refractivity contribution in [3.63, 3.8) is 0 Å². The Labute approximate surface area is 182 Å². The van der Waals surface area contributed by atoms with Crippen LogP contribution in [0.25, 0.3) is 11.1 Å². The Morgan fingerprint density at radius 1 is 0.935 bits per heavy atom. The van der Waals surface area contributed by atoms with Gasteiger partial charge in [0, 0.05) is 25.1 Å². The number of hydrogen-bond donors (Lipinski definition) is 2. The van der Waals surface area contributed by atoms with E-state index in [-0.39, 0.29) is 23.9 Å². The van der Waals surface area contributed by atoms with Gasteiger partial charge in [-0.1, -0.05) is 54.6 Å². The van der Waals surface area contributed by atoms with Crippen LogP contribution in [0.15, 0.2) is 72.8 Å². The second-order valence-corrected chi connectivity index (χ2v) is 8.02. The van der Waals surface area contributed by atoms with Crippen LogP contribution < -0.4 is 4.74 Å². The zero-order valence-corrected chi connectivity index (χ0v) is 17.5. The van der Waals surface area contributed by atoms with Crippen LogP contribution in [0.3, 0.4) is 0 Å². The van der Waals surface area contributed by atoms with E-state index in [0.717, 1.165) is 49.9 Å². The number of aryl methyl sites for hydroxylation is 1. The first-order chi connectivity index (χ1) is 15.1. The van der Waals surface area contributed by atoms with Crippen molar-refractivity contribution in [2.75, 3.05) is 13.1 Å². The first-order valence-electron chi connectivity index (χ1n) is 10.8. The summed E-state index contributed by atoms with van der Waals surface area (Å²) in [4.78, 5) is 2.23. The lowest BCUT2D eigenvalue weighted by molar-refractivity contribution is -0.0221. The summed E-state index contributed by atoms with van der Waals surface area (Å²) < 4.78 is 20.2. The van der Waals surface area contributed by atoms with E-state index >= 15 is 0 Å². The van der Waals surface area contributed by atoms with Crippen molar-refractivity contribution in [1.29, 1.82) is 0 Å². The summed E-state index contributed by atoms with van der Waals surface area (Å²) in [6.45, 7) is 1.51. The minimum atomic E-state index is -0.257. The number of likely N-dealkylation sites (tertiary alicyclic amines) is 1. The molecule has 1 heterocycles. The lowest BCUT2D eigenvalue weighted by atomic mass is 10.0. The molecule has 0 saturated carbocycles. The third-order valence-electron chi connectivity index (χ3n) is 5.85. The normalized spacial score (nSPS) is 16.2. The molecule has 162 valence electrons. The Balaban J connectivity index is 1.45. The average molecular weight is 422 g/mol. The van der Waals surface area contributed by atoms with E-state index in [1.165, 1.54) is 6.07 Å². The quantitative estimate of drug-likeness (QED) is 0.564. The zero-order chi connectivity index (χ0) is 21.6. The second kappa shape index (κ2) is 9.94. The number of para-hydroxylation sites is 2. The molecule has 3 aromatic rings. The molecular weight excluding hydrogens is 393 g/mol. The molecule has 4 nitrogen and oxygen atoms in total. The predicted molar refractivity (Wildman–Crippen MR) is 119 cm³/mol. The number of phenols is 1. The second-order valence-electron chi connectivity index (χ2n) is 8.02. The molecule has 4 rings (SSSR count). The van der Waals surface area contributed by atoms with Gasteiger partial charge in [0.25, 0.3) is 0 Å². The molecule has 0 amide bonds. The predicted octanol–water partition coefficient (Wildman–Crippen LogP) is 4.99. The van der Waals surface area contributed by atoms with Gasteiger partial charge in [-0.3, -0.25) is 4.90 Å². The molecule has 1 atom stereocenters. The molecule has 1 fully saturated rings. The van der Waals surface area contributed by atoms with Gasteiger partial charge in [-0.15, -0.1) is 0 Å². The number of rotatable bonds is 7. The molecule has 5 heteroatoms. The lowest BCUT2D eigenvalue weighted by Gasteiger charge is -2.36.